The third kappa shape index (κ3) is 6.35. The van der Waals surface area contributed by atoms with Gasteiger partial charge in [0, 0.05) is 21.3 Å². The summed E-state index contributed by atoms with van der Waals surface area (Å²) in [4.78, 5) is 0. The van der Waals surface area contributed by atoms with E-state index in [0.717, 1.165) is 23.5 Å². The third-order valence-corrected chi connectivity index (χ3v) is 9.80. The molecule has 2 heteroatoms. The molecule has 2 rings (SSSR count). The Morgan fingerprint density at radius 1 is 0.769 bits per heavy atom. The van der Waals surface area contributed by atoms with E-state index in [-0.39, 0.29) is 4.75 Å². The summed E-state index contributed by atoms with van der Waals surface area (Å²) >= 11 is 0. The van der Waals surface area contributed by atoms with E-state index in [1.807, 2.05) is 0 Å². The SMILES string of the molecule is CCCCCC1CCC(C2CCC(CCCCC)(S(=O)CC)CC2)CC1. The van der Waals surface area contributed by atoms with Gasteiger partial charge in [-0.2, -0.15) is 0 Å². The van der Waals surface area contributed by atoms with Gasteiger partial charge in [-0.1, -0.05) is 78.6 Å². The Morgan fingerprint density at radius 2 is 1.35 bits per heavy atom. The van der Waals surface area contributed by atoms with Crippen LogP contribution in [0.1, 0.15) is 124 Å². The number of hydrogen-bond donors (Lipinski definition) is 0. The molecule has 26 heavy (non-hydrogen) atoms. The lowest BCUT2D eigenvalue weighted by Crippen LogP contribution is -2.41. The van der Waals surface area contributed by atoms with Gasteiger partial charge in [0.2, 0.25) is 0 Å². The van der Waals surface area contributed by atoms with Gasteiger partial charge in [0.1, 0.15) is 0 Å². The van der Waals surface area contributed by atoms with E-state index in [1.54, 1.807) is 0 Å². The fourth-order valence-electron chi connectivity index (χ4n) is 5.86. The van der Waals surface area contributed by atoms with Crippen LogP contribution in [0.2, 0.25) is 0 Å². The quantitative estimate of drug-likeness (QED) is 0.335. The second-order valence-electron chi connectivity index (χ2n) is 9.39. The van der Waals surface area contributed by atoms with Gasteiger partial charge >= 0.3 is 0 Å². The predicted molar refractivity (Wildman–Crippen MR) is 117 cm³/mol. The Hall–Kier alpha value is 0.150. The molecule has 2 aliphatic carbocycles. The van der Waals surface area contributed by atoms with Crippen molar-refractivity contribution in [2.24, 2.45) is 17.8 Å². The van der Waals surface area contributed by atoms with Gasteiger partial charge in [0.25, 0.3) is 0 Å². The normalized spacial score (nSPS) is 33.9. The van der Waals surface area contributed by atoms with Gasteiger partial charge < -0.3 is 0 Å². The van der Waals surface area contributed by atoms with Crippen LogP contribution in [-0.2, 0) is 10.8 Å². The minimum absolute atomic E-state index is 0.178. The lowest BCUT2D eigenvalue weighted by Gasteiger charge is -2.43. The number of rotatable bonds is 11. The minimum Gasteiger partial charge on any atom is -0.259 e. The first-order chi connectivity index (χ1) is 12.6. The average molecular weight is 383 g/mol. The first kappa shape index (κ1) is 22.4. The molecule has 1 nitrogen and oxygen atoms in total. The van der Waals surface area contributed by atoms with Gasteiger partial charge in [-0.15, -0.1) is 0 Å². The Bertz CT molecular complexity index is 389. The molecule has 1 atom stereocenters. The molecule has 0 radical (unpaired) electrons. The van der Waals surface area contributed by atoms with Crippen LogP contribution in [0.25, 0.3) is 0 Å². The second kappa shape index (κ2) is 11.9. The highest BCUT2D eigenvalue weighted by Crippen LogP contribution is 2.46. The van der Waals surface area contributed by atoms with Crippen molar-refractivity contribution in [3.8, 4) is 0 Å². The van der Waals surface area contributed by atoms with Crippen LogP contribution in [-0.4, -0.2) is 14.7 Å². The molecule has 0 spiro atoms. The van der Waals surface area contributed by atoms with Crippen molar-refractivity contribution >= 4 is 10.8 Å². The van der Waals surface area contributed by atoms with Gasteiger partial charge in [0.05, 0.1) is 0 Å². The summed E-state index contributed by atoms with van der Waals surface area (Å²) in [5.74, 6) is 3.82. The third-order valence-electron chi connectivity index (χ3n) is 7.70. The maximum absolute atomic E-state index is 12.8. The van der Waals surface area contributed by atoms with E-state index in [4.69, 9.17) is 0 Å². The Kier molecular flexibility index (Phi) is 10.2. The summed E-state index contributed by atoms with van der Waals surface area (Å²) in [7, 11) is -0.606. The van der Waals surface area contributed by atoms with E-state index < -0.39 is 10.8 Å². The molecule has 2 fully saturated rings. The molecule has 0 N–H and O–H groups in total. The molecular formula is C24H46OS. The summed E-state index contributed by atoms with van der Waals surface area (Å²) in [5, 5.41) is 0. The van der Waals surface area contributed by atoms with Crippen LogP contribution >= 0.6 is 0 Å². The van der Waals surface area contributed by atoms with Crippen molar-refractivity contribution in [2.75, 3.05) is 5.75 Å². The van der Waals surface area contributed by atoms with E-state index in [2.05, 4.69) is 20.8 Å². The molecule has 2 saturated carbocycles. The summed E-state index contributed by atoms with van der Waals surface area (Å²) in [6.07, 6.45) is 22.0. The number of hydrogen-bond acceptors (Lipinski definition) is 1. The average Bonchev–Trinajstić information content (AvgIpc) is 2.69. The largest absolute Gasteiger partial charge is 0.259 e. The van der Waals surface area contributed by atoms with E-state index in [0.29, 0.717) is 0 Å². The fraction of sp³-hybridized carbons (Fsp3) is 1.00. The minimum atomic E-state index is -0.606. The van der Waals surface area contributed by atoms with Crippen molar-refractivity contribution in [3.05, 3.63) is 0 Å². The summed E-state index contributed by atoms with van der Waals surface area (Å²) < 4.78 is 13.0. The van der Waals surface area contributed by atoms with Gasteiger partial charge in [-0.05, 0) is 62.7 Å². The molecule has 0 aromatic carbocycles. The van der Waals surface area contributed by atoms with E-state index in [1.165, 1.54) is 103 Å². The van der Waals surface area contributed by atoms with Crippen molar-refractivity contribution in [3.63, 3.8) is 0 Å². The van der Waals surface area contributed by atoms with Crippen molar-refractivity contribution < 1.29 is 4.21 Å². The lowest BCUT2D eigenvalue weighted by molar-refractivity contribution is 0.147. The summed E-state index contributed by atoms with van der Waals surface area (Å²) in [6.45, 7) is 6.72. The topological polar surface area (TPSA) is 17.1 Å². The van der Waals surface area contributed by atoms with E-state index in [9.17, 15) is 4.21 Å². The molecule has 154 valence electrons. The van der Waals surface area contributed by atoms with Crippen LogP contribution < -0.4 is 0 Å². The molecule has 0 bridgehead atoms. The van der Waals surface area contributed by atoms with Crippen molar-refractivity contribution in [1.29, 1.82) is 0 Å². The van der Waals surface area contributed by atoms with Crippen LogP contribution in [0.3, 0.4) is 0 Å². The first-order valence-corrected chi connectivity index (χ1v) is 13.4. The molecular weight excluding hydrogens is 336 g/mol. The summed E-state index contributed by atoms with van der Waals surface area (Å²) in [5.41, 5.74) is 0. The molecule has 0 aromatic heterocycles. The smallest absolute Gasteiger partial charge is 0.0459 e. The Balaban J connectivity index is 1.78. The van der Waals surface area contributed by atoms with Crippen molar-refractivity contribution in [2.45, 2.75) is 128 Å². The molecule has 0 aliphatic heterocycles. The lowest BCUT2D eigenvalue weighted by atomic mass is 9.68. The molecule has 2 aliphatic rings. The fourth-order valence-corrected chi connectivity index (χ4v) is 7.54. The molecule has 0 aromatic rings. The van der Waals surface area contributed by atoms with Crippen LogP contribution in [0.4, 0.5) is 0 Å². The standard InChI is InChI=1S/C24H46OS/c1-4-7-9-11-21-12-14-22(15-13-21)23-16-19-24(20-17-23,26(25)6-3)18-10-8-5-2/h21-23H,4-20H2,1-3H3. The maximum Gasteiger partial charge on any atom is 0.0459 e. The maximum atomic E-state index is 12.8. The van der Waals surface area contributed by atoms with Gasteiger partial charge in [-0.3, -0.25) is 4.21 Å². The highest BCUT2D eigenvalue weighted by molar-refractivity contribution is 7.86. The summed E-state index contributed by atoms with van der Waals surface area (Å²) in [6, 6.07) is 0. The van der Waals surface area contributed by atoms with E-state index >= 15 is 0 Å². The van der Waals surface area contributed by atoms with Crippen LogP contribution in [0.15, 0.2) is 0 Å². The molecule has 0 saturated heterocycles. The van der Waals surface area contributed by atoms with Gasteiger partial charge in [-0.25, -0.2) is 0 Å². The Morgan fingerprint density at radius 3 is 1.92 bits per heavy atom. The first-order valence-electron chi connectivity index (χ1n) is 12.0. The van der Waals surface area contributed by atoms with Gasteiger partial charge in [0.15, 0.2) is 0 Å². The highest BCUT2D eigenvalue weighted by atomic mass is 32.2. The highest BCUT2D eigenvalue weighted by Gasteiger charge is 2.41. The monoisotopic (exact) mass is 382 g/mol. The number of unbranched alkanes of at least 4 members (excludes halogenated alkanes) is 4. The van der Waals surface area contributed by atoms with Crippen molar-refractivity contribution in [1.82, 2.24) is 0 Å². The zero-order valence-electron chi connectivity index (χ0n) is 18.1. The zero-order valence-corrected chi connectivity index (χ0v) is 18.9. The molecule has 0 amide bonds. The van der Waals surface area contributed by atoms with Crippen LogP contribution in [0.5, 0.6) is 0 Å². The predicted octanol–water partition coefficient (Wildman–Crippen LogP) is 7.65. The molecule has 0 heterocycles. The Labute approximate surface area is 166 Å². The molecule has 1 unspecified atom stereocenters. The second-order valence-corrected chi connectivity index (χ2v) is 11.5. The van der Waals surface area contributed by atoms with Crippen LogP contribution in [0, 0.1) is 17.8 Å². The zero-order chi connectivity index (χ0) is 18.8.